The second-order valence-corrected chi connectivity index (χ2v) is 11.1. The number of hydrazone groups is 1. The zero-order chi connectivity index (χ0) is 21.6. The van der Waals surface area contributed by atoms with Crippen LogP contribution in [0, 0.1) is 34.5 Å². The average Bonchev–Trinajstić information content (AvgIpc) is 3.03. The molecule has 0 saturated heterocycles. The number of fused-ring (bicyclic) bond motifs is 5. The van der Waals surface area contributed by atoms with E-state index in [4.69, 9.17) is 5.73 Å². The zero-order valence-electron chi connectivity index (χ0n) is 19.1. The minimum Gasteiger partial charge on any atom is -0.350 e. The third kappa shape index (κ3) is 3.43. The number of hydrogen-bond acceptors (Lipinski definition) is 2. The molecule has 4 nitrogen and oxygen atoms in total. The van der Waals surface area contributed by atoms with Crippen LogP contribution in [-0.4, -0.2) is 11.7 Å². The van der Waals surface area contributed by atoms with E-state index in [9.17, 15) is 4.79 Å². The molecule has 1 aromatic rings. The molecule has 0 radical (unpaired) electrons. The number of allylic oxidation sites excluding steroid dienone is 1. The monoisotopic (exact) mass is 419 g/mol. The summed E-state index contributed by atoms with van der Waals surface area (Å²) in [7, 11) is 0. The van der Waals surface area contributed by atoms with Crippen molar-refractivity contribution >= 4 is 17.8 Å². The Morgan fingerprint density at radius 3 is 2.65 bits per heavy atom. The molecule has 4 heteroatoms. The summed E-state index contributed by atoms with van der Waals surface area (Å²) in [6.07, 6.45) is 14.3. The average molecular weight is 420 g/mol. The Bertz CT molecular complexity index is 906. The van der Waals surface area contributed by atoms with E-state index in [0.29, 0.717) is 11.3 Å². The number of urea groups is 1. The molecule has 4 aliphatic rings. The summed E-state index contributed by atoms with van der Waals surface area (Å²) in [4.78, 5) is 11.5. The fraction of sp³-hybridized carbons (Fsp3) is 0.630. The van der Waals surface area contributed by atoms with E-state index in [2.05, 4.69) is 60.8 Å². The number of benzene rings is 1. The van der Waals surface area contributed by atoms with E-state index in [0.717, 1.165) is 36.3 Å². The molecular weight excluding hydrogens is 382 g/mol. The first-order valence-corrected chi connectivity index (χ1v) is 12.3. The van der Waals surface area contributed by atoms with Gasteiger partial charge in [-0.15, -0.1) is 0 Å². The van der Waals surface area contributed by atoms with Crippen LogP contribution in [0.3, 0.4) is 0 Å². The van der Waals surface area contributed by atoms with Crippen molar-refractivity contribution in [3.63, 3.8) is 0 Å². The van der Waals surface area contributed by atoms with Crippen LogP contribution < -0.4 is 11.2 Å². The smallest absolute Gasteiger partial charge is 0.332 e. The van der Waals surface area contributed by atoms with Gasteiger partial charge in [-0.3, -0.25) is 0 Å². The van der Waals surface area contributed by atoms with Gasteiger partial charge in [0.25, 0.3) is 0 Å². The number of carbonyl (C=O) groups excluding carboxylic acids is 1. The maximum absolute atomic E-state index is 11.5. The normalized spacial score (nSPS) is 42.0. The number of nitrogens with zero attached hydrogens (tertiary/aromatic N) is 1. The summed E-state index contributed by atoms with van der Waals surface area (Å²) >= 11 is 0. The van der Waals surface area contributed by atoms with Crippen LogP contribution >= 0.6 is 0 Å². The second-order valence-electron chi connectivity index (χ2n) is 11.1. The Morgan fingerprint density at radius 1 is 1.06 bits per heavy atom. The standard InChI is InChI=1S/C27H37N3O/c1-26-14-7-6-10-20(26)11-12-21-22(26)13-15-27(2)23(21)17-19(24(27)29-30-25(28)31)16-18-8-4-3-5-9-18/h3-5,8-9,16,20-23H,6-7,10-15,17H2,1-2H3,(H3,28,30,31)/b19-16+,29-24+/t20-,21-,22+,23+,26+,27+/m1/s1. The Labute approximate surface area is 186 Å². The molecular formula is C27H37N3O. The van der Waals surface area contributed by atoms with Crippen LogP contribution in [0.25, 0.3) is 6.08 Å². The van der Waals surface area contributed by atoms with E-state index in [1.54, 1.807) is 0 Å². The van der Waals surface area contributed by atoms with Gasteiger partial charge in [0.1, 0.15) is 0 Å². The van der Waals surface area contributed by atoms with Crippen LogP contribution in [0.5, 0.6) is 0 Å². The Hall–Kier alpha value is -2.10. The van der Waals surface area contributed by atoms with Crippen LogP contribution in [0.15, 0.2) is 41.0 Å². The summed E-state index contributed by atoms with van der Waals surface area (Å²) in [6, 6.07) is 9.92. The molecule has 5 rings (SSSR count). The number of carbonyl (C=O) groups is 1. The molecule has 0 aliphatic heterocycles. The largest absolute Gasteiger partial charge is 0.350 e. The lowest BCUT2D eigenvalue weighted by atomic mass is 9.45. The molecule has 0 spiro atoms. The van der Waals surface area contributed by atoms with Gasteiger partial charge in [0, 0.05) is 5.41 Å². The summed E-state index contributed by atoms with van der Waals surface area (Å²) in [5.74, 6) is 3.14. The zero-order valence-corrected chi connectivity index (χ0v) is 19.1. The van der Waals surface area contributed by atoms with Crippen LogP contribution in [0.1, 0.15) is 77.2 Å². The van der Waals surface area contributed by atoms with E-state index in [1.807, 2.05) is 0 Å². The number of amides is 2. The topological polar surface area (TPSA) is 67.5 Å². The van der Waals surface area contributed by atoms with Crippen molar-refractivity contribution in [3.8, 4) is 0 Å². The highest BCUT2D eigenvalue weighted by Gasteiger charge is 2.60. The van der Waals surface area contributed by atoms with E-state index in [1.165, 1.54) is 56.1 Å². The maximum Gasteiger partial charge on any atom is 0.332 e. The summed E-state index contributed by atoms with van der Waals surface area (Å²) in [5.41, 5.74) is 12.1. The van der Waals surface area contributed by atoms with Crippen molar-refractivity contribution in [3.05, 3.63) is 41.5 Å². The molecule has 0 bridgehead atoms. The van der Waals surface area contributed by atoms with Crippen molar-refractivity contribution in [2.75, 3.05) is 0 Å². The van der Waals surface area contributed by atoms with Crippen molar-refractivity contribution in [2.45, 2.75) is 71.6 Å². The lowest BCUT2D eigenvalue weighted by molar-refractivity contribution is -0.0931. The first-order chi connectivity index (χ1) is 14.9. The summed E-state index contributed by atoms with van der Waals surface area (Å²) in [5, 5.41) is 4.62. The van der Waals surface area contributed by atoms with Gasteiger partial charge >= 0.3 is 6.03 Å². The van der Waals surface area contributed by atoms with E-state index >= 15 is 0 Å². The molecule has 1 aromatic carbocycles. The van der Waals surface area contributed by atoms with Gasteiger partial charge in [0.15, 0.2) is 0 Å². The molecule has 6 atom stereocenters. The van der Waals surface area contributed by atoms with Gasteiger partial charge < -0.3 is 5.73 Å². The highest BCUT2D eigenvalue weighted by atomic mass is 16.2. The molecule has 0 aromatic heterocycles. The summed E-state index contributed by atoms with van der Waals surface area (Å²) in [6.45, 7) is 5.02. The van der Waals surface area contributed by atoms with Crippen LogP contribution in [-0.2, 0) is 0 Å². The molecule has 4 saturated carbocycles. The van der Waals surface area contributed by atoms with Crippen molar-refractivity contribution in [1.29, 1.82) is 0 Å². The Morgan fingerprint density at radius 2 is 1.87 bits per heavy atom. The highest BCUT2D eigenvalue weighted by molar-refractivity contribution is 6.10. The third-order valence-corrected chi connectivity index (χ3v) is 9.68. The van der Waals surface area contributed by atoms with Gasteiger partial charge in [-0.2, -0.15) is 5.10 Å². The predicted octanol–water partition coefficient (Wildman–Crippen LogP) is 6.14. The lowest BCUT2D eigenvalue weighted by Crippen LogP contribution is -2.52. The lowest BCUT2D eigenvalue weighted by Gasteiger charge is -2.59. The van der Waals surface area contributed by atoms with E-state index < -0.39 is 6.03 Å². The minimum atomic E-state index is -0.581. The Kier molecular flexibility index (Phi) is 5.22. The van der Waals surface area contributed by atoms with Gasteiger partial charge in [-0.25, -0.2) is 10.2 Å². The molecule has 4 aliphatic carbocycles. The van der Waals surface area contributed by atoms with Gasteiger partial charge in [0.05, 0.1) is 5.71 Å². The number of nitrogens with one attached hydrogen (secondary N) is 1. The molecule has 3 N–H and O–H groups in total. The fourth-order valence-corrected chi connectivity index (χ4v) is 8.17. The summed E-state index contributed by atoms with van der Waals surface area (Å²) < 4.78 is 0. The molecule has 166 valence electrons. The number of nitrogens with two attached hydrogens (primary N) is 1. The Balaban J connectivity index is 1.52. The van der Waals surface area contributed by atoms with Gasteiger partial charge in [-0.1, -0.05) is 57.0 Å². The predicted molar refractivity (Wildman–Crippen MR) is 126 cm³/mol. The molecule has 4 fully saturated rings. The van der Waals surface area contributed by atoms with Crippen LogP contribution in [0.4, 0.5) is 4.79 Å². The minimum absolute atomic E-state index is 0.0160. The number of rotatable bonds is 2. The third-order valence-electron chi connectivity index (χ3n) is 9.68. The quantitative estimate of drug-likeness (QED) is 0.556. The fourth-order valence-electron chi connectivity index (χ4n) is 8.17. The number of hydrogen-bond donors (Lipinski definition) is 2. The van der Waals surface area contributed by atoms with Gasteiger partial charge in [-0.05, 0) is 91.2 Å². The van der Waals surface area contributed by atoms with Crippen molar-refractivity contribution < 1.29 is 4.79 Å². The highest BCUT2D eigenvalue weighted by Crippen LogP contribution is 2.66. The van der Waals surface area contributed by atoms with Crippen molar-refractivity contribution in [2.24, 2.45) is 45.3 Å². The molecule has 0 heterocycles. The second kappa shape index (κ2) is 7.79. The van der Waals surface area contributed by atoms with Gasteiger partial charge in [0.2, 0.25) is 0 Å². The SMILES string of the molecule is C[C@]12CCCC[C@@H]1CC[C@@H]1[C@@H]2CC[C@]2(C)C(=N/NC(N)=O)/C(=C/c3ccccc3)C[C@@H]12. The number of primary amides is 1. The maximum atomic E-state index is 11.5. The molecule has 0 unspecified atom stereocenters. The van der Waals surface area contributed by atoms with E-state index in [-0.39, 0.29) is 5.41 Å². The van der Waals surface area contributed by atoms with Crippen molar-refractivity contribution in [1.82, 2.24) is 5.43 Å². The molecule has 2 amide bonds. The first kappa shape index (κ1) is 20.8. The molecule has 31 heavy (non-hydrogen) atoms. The van der Waals surface area contributed by atoms with Crippen LogP contribution in [0.2, 0.25) is 0 Å². The first-order valence-electron chi connectivity index (χ1n) is 12.3.